The van der Waals surface area contributed by atoms with E-state index in [0.29, 0.717) is 5.88 Å². The molecule has 0 aliphatic heterocycles. The van der Waals surface area contributed by atoms with E-state index < -0.39 is 0 Å². The predicted molar refractivity (Wildman–Crippen MR) is 57.5 cm³/mol. The fourth-order valence-electron chi connectivity index (χ4n) is 0.942. The van der Waals surface area contributed by atoms with Crippen molar-refractivity contribution in [2.45, 2.75) is 13.8 Å². The zero-order chi connectivity index (χ0) is 10.6. The van der Waals surface area contributed by atoms with E-state index in [1.165, 1.54) is 0 Å². The molecule has 76 valence electrons. The van der Waals surface area contributed by atoms with Crippen LogP contribution in [0.25, 0.3) is 0 Å². The first-order valence-electron chi connectivity index (χ1n) is 4.43. The molecule has 0 spiro atoms. The molecule has 1 N–H and O–H groups in total. The molecule has 0 saturated carbocycles. The number of halogens is 1. The van der Waals surface area contributed by atoms with E-state index in [0.717, 1.165) is 11.4 Å². The largest absolute Gasteiger partial charge is 0.324 e. The summed E-state index contributed by atoms with van der Waals surface area (Å²) >= 11 is 5.58. The van der Waals surface area contributed by atoms with Gasteiger partial charge in [-0.1, -0.05) is 6.92 Å². The van der Waals surface area contributed by atoms with Gasteiger partial charge in [-0.05, 0) is 19.1 Å². The summed E-state index contributed by atoms with van der Waals surface area (Å²) in [4.78, 5) is 15.5. The van der Waals surface area contributed by atoms with Gasteiger partial charge in [0.15, 0.2) is 0 Å². The first-order chi connectivity index (χ1) is 6.65. The van der Waals surface area contributed by atoms with Gasteiger partial charge in [0, 0.05) is 18.0 Å². The van der Waals surface area contributed by atoms with Crippen LogP contribution in [-0.2, 0) is 4.79 Å². The molecule has 0 aliphatic rings. The Labute approximate surface area is 88.5 Å². The number of rotatable bonds is 3. The Morgan fingerprint density at radius 2 is 2.43 bits per heavy atom. The highest BCUT2D eigenvalue weighted by Crippen LogP contribution is 2.12. The lowest BCUT2D eigenvalue weighted by Gasteiger charge is -2.10. The molecule has 1 rings (SSSR count). The molecule has 0 bridgehead atoms. The Kier molecular flexibility index (Phi) is 3.89. The molecule has 1 unspecified atom stereocenters. The van der Waals surface area contributed by atoms with Crippen LogP contribution in [0.1, 0.15) is 12.6 Å². The molecular weight excluding hydrogens is 200 g/mol. The molecule has 4 heteroatoms. The fraction of sp³-hybridized carbons (Fsp3) is 0.400. The van der Waals surface area contributed by atoms with Crippen LogP contribution in [0, 0.1) is 12.8 Å². The number of nitrogens with one attached hydrogen (secondary N) is 1. The summed E-state index contributed by atoms with van der Waals surface area (Å²) < 4.78 is 0. The van der Waals surface area contributed by atoms with Gasteiger partial charge in [0.25, 0.3) is 0 Å². The van der Waals surface area contributed by atoms with Crippen LogP contribution < -0.4 is 5.32 Å². The van der Waals surface area contributed by atoms with Gasteiger partial charge in [-0.25, -0.2) is 0 Å². The summed E-state index contributed by atoms with van der Waals surface area (Å²) in [5.41, 5.74) is 1.55. The summed E-state index contributed by atoms with van der Waals surface area (Å²) in [6.45, 7) is 3.63. The number of anilines is 1. The minimum atomic E-state index is -0.184. The van der Waals surface area contributed by atoms with E-state index in [1.54, 1.807) is 19.2 Å². The number of carbonyl (C=O) groups is 1. The molecule has 1 heterocycles. The topological polar surface area (TPSA) is 42.0 Å². The van der Waals surface area contributed by atoms with Crippen LogP contribution in [0.2, 0.25) is 0 Å². The van der Waals surface area contributed by atoms with Gasteiger partial charge in [-0.15, -0.1) is 11.6 Å². The van der Waals surface area contributed by atoms with Crippen molar-refractivity contribution in [3.63, 3.8) is 0 Å². The minimum absolute atomic E-state index is 0.0731. The summed E-state index contributed by atoms with van der Waals surface area (Å²) in [5.74, 6) is 0.0675. The molecule has 1 aromatic heterocycles. The van der Waals surface area contributed by atoms with Gasteiger partial charge >= 0.3 is 0 Å². The molecule has 1 aromatic rings. The standard InChI is InChI=1S/C10H13ClN2O/c1-7(6-11)10(14)13-9-4-3-5-12-8(9)2/h3-5,7H,6H2,1-2H3,(H,13,14). The number of carbonyl (C=O) groups excluding carboxylic acids is 1. The van der Waals surface area contributed by atoms with Gasteiger partial charge < -0.3 is 5.32 Å². The molecule has 0 radical (unpaired) electrons. The lowest BCUT2D eigenvalue weighted by atomic mass is 10.2. The summed E-state index contributed by atoms with van der Waals surface area (Å²) in [6, 6.07) is 3.61. The smallest absolute Gasteiger partial charge is 0.228 e. The van der Waals surface area contributed by atoms with Crippen molar-refractivity contribution in [3.05, 3.63) is 24.0 Å². The number of nitrogens with zero attached hydrogens (tertiary/aromatic N) is 1. The molecule has 0 fully saturated rings. The number of aryl methyl sites for hydroxylation is 1. The van der Waals surface area contributed by atoms with Crippen LogP contribution in [0.15, 0.2) is 18.3 Å². The lowest BCUT2D eigenvalue weighted by molar-refractivity contribution is -0.118. The summed E-state index contributed by atoms with van der Waals surface area (Å²) in [6.07, 6.45) is 1.69. The quantitative estimate of drug-likeness (QED) is 0.781. The predicted octanol–water partition coefficient (Wildman–Crippen LogP) is 2.20. The average Bonchev–Trinajstić information content (AvgIpc) is 2.20. The van der Waals surface area contributed by atoms with Crippen LogP contribution in [0.5, 0.6) is 0 Å². The number of alkyl halides is 1. The maximum Gasteiger partial charge on any atom is 0.228 e. The van der Waals surface area contributed by atoms with E-state index in [-0.39, 0.29) is 11.8 Å². The van der Waals surface area contributed by atoms with E-state index in [1.807, 2.05) is 13.0 Å². The van der Waals surface area contributed by atoms with Crippen molar-refractivity contribution in [1.29, 1.82) is 0 Å². The second-order valence-corrected chi connectivity index (χ2v) is 3.49. The zero-order valence-corrected chi connectivity index (χ0v) is 9.01. The molecule has 3 nitrogen and oxygen atoms in total. The third kappa shape index (κ3) is 2.70. The first-order valence-corrected chi connectivity index (χ1v) is 4.97. The highest BCUT2D eigenvalue weighted by Gasteiger charge is 2.12. The number of amides is 1. The number of aromatic nitrogens is 1. The van der Waals surface area contributed by atoms with E-state index in [2.05, 4.69) is 10.3 Å². The van der Waals surface area contributed by atoms with Crippen LogP contribution in [0.4, 0.5) is 5.69 Å². The monoisotopic (exact) mass is 212 g/mol. The Morgan fingerprint density at radius 3 is 3.00 bits per heavy atom. The molecule has 1 amide bonds. The van der Waals surface area contributed by atoms with Crippen molar-refractivity contribution in [3.8, 4) is 0 Å². The van der Waals surface area contributed by atoms with Crippen molar-refractivity contribution < 1.29 is 4.79 Å². The SMILES string of the molecule is Cc1ncccc1NC(=O)C(C)CCl. The van der Waals surface area contributed by atoms with Crippen molar-refractivity contribution >= 4 is 23.2 Å². The van der Waals surface area contributed by atoms with Gasteiger partial charge in [0.1, 0.15) is 0 Å². The Bertz CT molecular complexity index is 328. The second kappa shape index (κ2) is 4.96. The molecular formula is C10H13ClN2O. The maximum absolute atomic E-state index is 11.5. The molecule has 0 saturated heterocycles. The number of hydrogen-bond acceptors (Lipinski definition) is 2. The number of hydrogen-bond donors (Lipinski definition) is 1. The number of pyridine rings is 1. The molecule has 0 aliphatic carbocycles. The van der Waals surface area contributed by atoms with Gasteiger partial charge in [-0.2, -0.15) is 0 Å². The van der Waals surface area contributed by atoms with Crippen LogP contribution >= 0.6 is 11.6 Å². The molecule has 14 heavy (non-hydrogen) atoms. The third-order valence-electron chi connectivity index (χ3n) is 1.94. The highest BCUT2D eigenvalue weighted by atomic mass is 35.5. The summed E-state index contributed by atoms with van der Waals surface area (Å²) in [5, 5.41) is 2.78. The van der Waals surface area contributed by atoms with Crippen molar-refractivity contribution in [1.82, 2.24) is 4.98 Å². The summed E-state index contributed by atoms with van der Waals surface area (Å²) in [7, 11) is 0. The first kappa shape index (κ1) is 11.0. The van der Waals surface area contributed by atoms with E-state index in [9.17, 15) is 4.79 Å². The fourth-order valence-corrected chi connectivity index (χ4v) is 1.08. The van der Waals surface area contributed by atoms with Crippen LogP contribution in [-0.4, -0.2) is 16.8 Å². The Hall–Kier alpha value is -1.09. The van der Waals surface area contributed by atoms with Gasteiger partial charge in [-0.3, -0.25) is 9.78 Å². The maximum atomic E-state index is 11.5. The normalized spacial score (nSPS) is 12.2. The van der Waals surface area contributed by atoms with E-state index in [4.69, 9.17) is 11.6 Å². The second-order valence-electron chi connectivity index (χ2n) is 3.18. The Balaban J connectivity index is 2.70. The highest BCUT2D eigenvalue weighted by molar-refractivity contribution is 6.19. The average molecular weight is 213 g/mol. The van der Waals surface area contributed by atoms with Gasteiger partial charge in [0.2, 0.25) is 5.91 Å². The van der Waals surface area contributed by atoms with Gasteiger partial charge in [0.05, 0.1) is 11.4 Å². The molecule has 1 atom stereocenters. The van der Waals surface area contributed by atoms with Crippen molar-refractivity contribution in [2.24, 2.45) is 5.92 Å². The lowest BCUT2D eigenvalue weighted by Crippen LogP contribution is -2.22. The zero-order valence-electron chi connectivity index (χ0n) is 8.25. The minimum Gasteiger partial charge on any atom is -0.324 e. The molecule has 0 aromatic carbocycles. The van der Waals surface area contributed by atoms with E-state index >= 15 is 0 Å². The third-order valence-corrected chi connectivity index (χ3v) is 2.41. The Morgan fingerprint density at radius 1 is 1.71 bits per heavy atom. The van der Waals surface area contributed by atoms with Crippen molar-refractivity contribution in [2.75, 3.05) is 11.2 Å². The van der Waals surface area contributed by atoms with Crippen LogP contribution in [0.3, 0.4) is 0 Å².